The van der Waals surface area contributed by atoms with Crippen LogP contribution in [0.5, 0.6) is 5.75 Å². The summed E-state index contributed by atoms with van der Waals surface area (Å²) in [5.74, 6) is 0.713. The highest BCUT2D eigenvalue weighted by Crippen LogP contribution is 2.27. The Morgan fingerprint density at radius 3 is 2.35 bits per heavy atom. The molecule has 2 aromatic heterocycles. The van der Waals surface area contributed by atoms with Crippen LogP contribution in [0, 0.1) is 4.64 Å². The number of nitrogens with two attached hydrogens (primary N) is 1. The number of carbonyl (C=O) groups is 1. The second-order valence-electron chi connectivity index (χ2n) is 5.39. The van der Waals surface area contributed by atoms with Gasteiger partial charge in [0.05, 0.1) is 17.8 Å². The SMILES string of the molecule is C.CSCCCOc1cc(N)c2[nH]c(C(=O)O)cc2c1.O.O.O.O.S=c1cccc[nH]1. The summed E-state index contributed by atoms with van der Waals surface area (Å²) in [5, 5.41) is 9.69. The number of aromatic carboxylic acids is 1. The summed E-state index contributed by atoms with van der Waals surface area (Å²) in [7, 11) is 0. The van der Waals surface area contributed by atoms with Gasteiger partial charge in [-0.2, -0.15) is 11.8 Å². The summed E-state index contributed by atoms with van der Waals surface area (Å²) in [6.07, 6.45) is 4.83. The normalized spacial score (nSPS) is 8.55. The molecule has 0 radical (unpaired) electrons. The quantitative estimate of drug-likeness (QED) is 0.233. The van der Waals surface area contributed by atoms with Crippen molar-refractivity contribution in [3.05, 3.63) is 52.9 Å². The number of anilines is 1. The van der Waals surface area contributed by atoms with Gasteiger partial charge in [-0.1, -0.05) is 25.7 Å². The first kappa shape index (κ1) is 35.8. The van der Waals surface area contributed by atoms with Gasteiger partial charge in [0, 0.05) is 17.6 Å². The maximum Gasteiger partial charge on any atom is 0.352 e. The Kier molecular flexibility index (Phi) is 21.0. The largest absolute Gasteiger partial charge is 0.493 e. The number of aromatic amines is 2. The van der Waals surface area contributed by atoms with Crippen LogP contribution in [0.4, 0.5) is 5.69 Å². The van der Waals surface area contributed by atoms with Crippen LogP contribution in [0.15, 0.2) is 42.6 Å². The lowest BCUT2D eigenvalue weighted by Crippen LogP contribution is -1.99. The predicted octanol–water partition coefficient (Wildman–Crippen LogP) is 1.66. The average Bonchev–Trinajstić information content (AvgIpc) is 3.05. The first-order chi connectivity index (χ1) is 12.5. The van der Waals surface area contributed by atoms with Crippen LogP contribution < -0.4 is 10.5 Å². The molecule has 0 amide bonds. The Hall–Kier alpha value is -2.61. The molecule has 13 N–H and O–H groups in total. The molecule has 10 nitrogen and oxygen atoms in total. The maximum atomic E-state index is 10.9. The highest BCUT2D eigenvalue weighted by atomic mass is 32.2. The number of hydrogen-bond acceptors (Lipinski definition) is 5. The van der Waals surface area contributed by atoms with Crippen molar-refractivity contribution < 1.29 is 36.5 Å². The van der Waals surface area contributed by atoms with E-state index in [0.717, 1.165) is 22.2 Å². The van der Waals surface area contributed by atoms with E-state index in [0.29, 0.717) is 23.6 Å². The molecule has 0 aliphatic heterocycles. The van der Waals surface area contributed by atoms with Crippen molar-refractivity contribution in [3.63, 3.8) is 0 Å². The molecule has 3 aromatic rings. The molecule has 0 spiro atoms. The lowest BCUT2D eigenvalue weighted by atomic mass is 10.2. The monoisotopic (exact) mass is 479 g/mol. The summed E-state index contributed by atoms with van der Waals surface area (Å²) in [6, 6.07) is 10.7. The summed E-state index contributed by atoms with van der Waals surface area (Å²) < 4.78 is 6.39. The van der Waals surface area contributed by atoms with Gasteiger partial charge in [0.1, 0.15) is 16.1 Å². The first-order valence-corrected chi connectivity index (χ1v) is 9.72. The van der Waals surface area contributed by atoms with Crippen molar-refractivity contribution in [2.75, 3.05) is 24.3 Å². The Bertz CT molecular complexity index is 915. The molecule has 0 aliphatic rings. The number of nitrogen functional groups attached to an aromatic ring is 1. The van der Waals surface area contributed by atoms with E-state index in [1.54, 1.807) is 30.0 Å². The number of thioether (sulfide) groups is 1. The molecule has 3 rings (SSSR count). The van der Waals surface area contributed by atoms with Crippen LogP contribution in [0.3, 0.4) is 0 Å². The number of carboxylic acids is 1. The topological polar surface area (TPSA) is 230 Å². The second kappa shape index (κ2) is 18.2. The Balaban J connectivity index is -0.000000264. The van der Waals surface area contributed by atoms with Crippen LogP contribution in [0.1, 0.15) is 24.3 Å². The molecule has 0 aliphatic carbocycles. The highest BCUT2D eigenvalue weighted by Gasteiger charge is 2.10. The van der Waals surface area contributed by atoms with Crippen LogP contribution in [-0.4, -0.2) is 61.6 Å². The van der Waals surface area contributed by atoms with Crippen LogP contribution in [0.2, 0.25) is 0 Å². The Morgan fingerprint density at radius 2 is 1.87 bits per heavy atom. The molecular weight excluding hydrogens is 446 g/mol. The van der Waals surface area contributed by atoms with Crippen LogP contribution >= 0.6 is 24.0 Å². The number of carboxylic acid groups (broad SMARTS) is 1. The molecular formula is C19H33N3O7S2. The Labute approximate surface area is 190 Å². The zero-order valence-electron chi connectivity index (χ0n) is 16.3. The third kappa shape index (κ3) is 11.4. The lowest BCUT2D eigenvalue weighted by Gasteiger charge is -2.07. The van der Waals surface area contributed by atoms with Gasteiger partial charge in [-0.25, -0.2) is 4.79 Å². The van der Waals surface area contributed by atoms with E-state index in [-0.39, 0.29) is 35.0 Å². The van der Waals surface area contributed by atoms with Gasteiger partial charge in [-0.05, 0) is 42.7 Å². The number of hydrogen-bond donors (Lipinski definition) is 4. The third-order valence-corrected chi connectivity index (χ3v) is 4.36. The number of ether oxygens (including phenoxy) is 1. The zero-order chi connectivity index (χ0) is 18.9. The number of H-pyrrole nitrogens is 2. The number of fused-ring (bicyclic) bond motifs is 1. The summed E-state index contributed by atoms with van der Waals surface area (Å²) in [6.45, 7) is 0.627. The van der Waals surface area contributed by atoms with Crippen molar-refractivity contribution in [2.45, 2.75) is 13.8 Å². The summed E-state index contributed by atoms with van der Waals surface area (Å²) in [5.41, 5.74) is 7.14. The summed E-state index contributed by atoms with van der Waals surface area (Å²) >= 11 is 6.53. The number of benzene rings is 1. The Morgan fingerprint density at radius 1 is 1.19 bits per heavy atom. The molecule has 0 saturated carbocycles. The van der Waals surface area contributed by atoms with Crippen molar-refractivity contribution in [2.24, 2.45) is 0 Å². The molecule has 2 heterocycles. The minimum absolute atomic E-state index is 0. The van der Waals surface area contributed by atoms with Crippen LogP contribution in [0.25, 0.3) is 10.9 Å². The van der Waals surface area contributed by atoms with E-state index in [1.807, 2.05) is 24.4 Å². The second-order valence-corrected chi connectivity index (χ2v) is 6.81. The number of pyridine rings is 1. The number of rotatable bonds is 6. The van der Waals surface area contributed by atoms with Gasteiger partial charge in [0.15, 0.2) is 0 Å². The van der Waals surface area contributed by atoms with Crippen molar-refractivity contribution in [3.8, 4) is 5.75 Å². The predicted molar refractivity (Wildman–Crippen MR) is 131 cm³/mol. The minimum atomic E-state index is -1.00. The average molecular weight is 480 g/mol. The van der Waals surface area contributed by atoms with E-state index in [1.165, 1.54) is 0 Å². The molecule has 1 aromatic carbocycles. The fourth-order valence-electron chi connectivity index (χ4n) is 2.21. The van der Waals surface area contributed by atoms with E-state index in [2.05, 4.69) is 16.2 Å². The van der Waals surface area contributed by atoms with Gasteiger partial charge < -0.3 is 47.4 Å². The minimum Gasteiger partial charge on any atom is -0.493 e. The van der Waals surface area contributed by atoms with Gasteiger partial charge in [0.2, 0.25) is 0 Å². The fraction of sp³-hybridized carbons (Fsp3) is 0.263. The summed E-state index contributed by atoms with van der Waals surface area (Å²) in [4.78, 5) is 16.5. The number of aromatic nitrogens is 2. The molecule has 0 fully saturated rings. The standard InChI is InChI=1S/C13H16N2O3S.C5H5NS.CH4.4H2O/c1-19-4-2-3-18-9-5-8-6-11(13(16)17)15-12(8)10(14)7-9;7-5-3-1-2-4-6-5;;;;;/h5-7,15H,2-4,14H2,1H3,(H,16,17);1-4H,(H,6,7);1H4;4*1H2. The van der Waals surface area contributed by atoms with E-state index >= 15 is 0 Å². The highest BCUT2D eigenvalue weighted by molar-refractivity contribution is 7.98. The van der Waals surface area contributed by atoms with E-state index in [9.17, 15) is 4.79 Å². The zero-order valence-corrected chi connectivity index (χ0v) is 18.0. The number of nitrogens with one attached hydrogen (secondary N) is 2. The van der Waals surface area contributed by atoms with Gasteiger partial charge in [-0.15, -0.1) is 0 Å². The fourth-order valence-corrected chi connectivity index (χ4v) is 2.77. The van der Waals surface area contributed by atoms with Crippen molar-refractivity contribution in [1.82, 2.24) is 9.97 Å². The van der Waals surface area contributed by atoms with Gasteiger partial charge >= 0.3 is 5.97 Å². The molecule has 31 heavy (non-hydrogen) atoms. The third-order valence-electron chi connectivity index (χ3n) is 3.40. The maximum absolute atomic E-state index is 10.9. The molecule has 0 unspecified atom stereocenters. The molecule has 0 atom stereocenters. The van der Waals surface area contributed by atoms with Crippen molar-refractivity contribution >= 4 is 46.5 Å². The smallest absolute Gasteiger partial charge is 0.352 e. The first-order valence-electron chi connectivity index (χ1n) is 7.92. The van der Waals surface area contributed by atoms with E-state index < -0.39 is 5.97 Å². The lowest BCUT2D eigenvalue weighted by molar-refractivity contribution is 0.0691. The van der Waals surface area contributed by atoms with E-state index in [4.69, 9.17) is 27.8 Å². The van der Waals surface area contributed by atoms with Gasteiger partial charge in [-0.3, -0.25) is 0 Å². The molecule has 12 heteroatoms. The van der Waals surface area contributed by atoms with Crippen LogP contribution in [-0.2, 0) is 0 Å². The van der Waals surface area contributed by atoms with Crippen molar-refractivity contribution in [1.29, 1.82) is 0 Å². The molecule has 0 bridgehead atoms. The molecule has 0 saturated heterocycles. The van der Waals surface area contributed by atoms with Gasteiger partial charge in [0.25, 0.3) is 0 Å². The molecule has 178 valence electrons.